The average Bonchev–Trinajstić information content (AvgIpc) is 2.53. The van der Waals surface area contributed by atoms with Crippen LogP contribution in [0.25, 0.3) is 11.1 Å². The second-order valence-electron chi connectivity index (χ2n) is 5.27. The maximum Gasteiger partial charge on any atom is 0.165 e. The van der Waals surface area contributed by atoms with E-state index in [-0.39, 0.29) is 11.6 Å². The summed E-state index contributed by atoms with van der Waals surface area (Å²) in [7, 11) is 3.45. The third kappa shape index (κ3) is 4.05. The first-order chi connectivity index (χ1) is 10.1. The SMILES string of the molecule is CNC(C)CCc1ccc(-c2ccc(OC)c(F)c2)cc1. The highest BCUT2D eigenvalue weighted by Gasteiger charge is 2.05. The fraction of sp³-hybridized carbons (Fsp3) is 0.333. The predicted molar refractivity (Wildman–Crippen MR) is 85.2 cm³/mol. The number of rotatable bonds is 6. The van der Waals surface area contributed by atoms with E-state index in [1.165, 1.54) is 18.7 Å². The van der Waals surface area contributed by atoms with Crippen LogP contribution in [-0.2, 0) is 6.42 Å². The van der Waals surface area contributed by atoms with Crippen molar-refractivity contribution in [3.63, 3.8) is 0 Å². The van der Waals surface area contributed by atoms with Gasteiger partial charge in [0, 0.05) is 6.04 Å². The van der Waals surface area contributed by atoms with E-state index in [1.54, 1.807) is 6.07 Å². The fourth-order valence-corrected chi connectivity index (χ4v) is 2.24. The van der Waals surface area contributed by atoms with Crippen molar-refractivity contribution in [2.45, 2.75) is 25.8 Å². The van der Waals surface area contributed by atoms with Gasteiger partial charge in [0.15, 0.2) is 11.6 Å². The molecular formula is C18H22FNO. The van der Waals surface area contributed by atoms with Crippen molar-refractivity contribution in [2.75, 3.05) is 14.2 Å². The molecule has 0 spiro atoms. The zero-order valence-electron chi connectivity index (χ0n) is 12.8. The van der Waals surface area contributed by atoms with Crippen LogP contribution in [0.5, 0.6) is 5.75 Å². The average molecular weight is 287 g/mol. The minimum atomic E-state index is -0.332. The van der Waals surface area contributed by atoms with Gasteiger partial charge >= 0.3 is 0 Å². The fourth-order valence-electron chi connectivity index (χ4n) is 2.24. The first-order valence-corrected chi connectivity index (χ1v) is 7.24. The molecule has 1 unspecified atom stereocenters. The summed E-state index contributed by atoms with van der Waals surface area (Å²) in [4.78, 5) is 0. The quantitative estimate of drug-likeness (QED) is 0.865. The molecular weight excluding hydrogens is 265 g/mol. The summed E-state index contributed by atoms with van der Waals surface area (Å²) < 4.78 is 18.7. The minimum absolute atomic E-state index is 0.274. The molecule has 0 aliphatic rings. The van der Waals surface area contributed by atoms with E-state index in [0.29, 0.717) is 6.04 Å². The van der Waals surface area contributed by atoms with Crippen molar-refractivity contribution in [1.29, 1.82) is 0 Å². The summed E-state index contributed by atoms with van der Waals surface area (Å²) in [6, 6.07) is 13.9. The third-order valence-electron chi connectivity index (χ3n) is 3.80. The van der Waals surface area contributed by atoms with E-state index in [9.17, 15) is 4.39 Å². The number of ether oxygens (including phenoxy) is 1. The first kappa shape index (κ1) is 15.5. The molecule has 0 saturated heterocycles. The Kier molecular flexibility index (Phi) is 5.34. The van der Waals surface area contributed by atoms with Gasteiger partial charge in [-0.1, -0.05) is 30.3 Å². The number of benzene rings is 2. The lowest BCUT2D eigenvalue weighted by atomic mass is 10.0. The van der Waals surface area contributed by atoms with E-state index in [4.69, 9.17) is 4.74 Å². The summed E-state index contributed by atoms with van der Waals surface area (Å²) in [6.07, 6.45) is 2.15. The molecule has 0 heterocycles. The monoisotopic (exact) mass is 287 g/mol. The molecule has 112 valence electrons. The summed E-state index contributed by atoms with van der Waals surface area (Å²) >= 11 is 0. The lowest BCUT2D eigenvalue weighted by molar-refractivity contribution is 0.386. The van der Waals surface area contributed by atoms with Crippen LogP contribution in [0.15, 0.2) is 42.5 Å². The zero-order valence-corrected chi connectivity index (χ0v) is 12.8. The van der Waals surface area contributed by atoms with Crippen LogP contribution >= 0.6 is 0 Å². The van der Waals surface area contributed by atoms with Crippen molar-refractivity contribution in [1.82, 2.24) is 5.32 Å². The molecule has 1 N–H and O–H groups in total. The van der Waals surface area contributed by atoms with Gasteiger partial charge in [0.25, 0.3) is 0 Å². The van der Waals surface area contributed by atoms with E-state index < -0.39 is 0 Å². The molecule has 0 saturated carbocycles. The summed E-state index contributed by atoms with van der Waals surface area (Å²) in [6.45, 7) is 2.18. The van der Waals surface area contributed by atoms with Crippen LogP contribution in [0.3, 0.4) is 0 Å². The number of nitrogens with one attached hydrogen (secondary N) is 1. The van der Waals surface area contributed by atoms with Gasteiger partial charge in [0.05, 0.1) is 7.11 Å². The van der Waals surface area contributed by atoms with Crippen LogP contribution in [0.4, 0.5) is 4.39 Å². The van der Waals surface area contributed by atoms with Gasteiger partial charge in [0.2, 0.25) is 0 Å². The highest BCUT2D eigenvalue weighted by molar-refractivity contribution is 5.64. The Morgan fingerprint density at radius 3 is 2.33 bits per heavy atom. The van der Waals surface area contributed by atoms with Crippen molar-refractivity contribution >= 4 is 0 Å². The molecule has 2 aromatic rings. The molecule has 0 aromatic heterocycles. The highest BCUT2D eigenvalue weighted by atomic mass is 19.1. The molecule has 3 heteroatoms. The van der Waals surface area contributed by atoms with E-state index in [2.05, 4.69) is 24.4 Å². The van der Waals surface area contributed by atoms with Gasteiger partial charge in [-0.15, -0.1) is 0 Å². The number of aryl methyl sites for hydroxylation is 1. The topological polar surface area (TPSA) is 21.3 Å². The van der Waals surface area contributed by atoms with Gasteiger partial charge in [0.1, 0.15) is 0 Å². The van der Waals surface area contributed by atoms with E-state index in [1.807, 2.05) is 25.2 Å². The molecule has 0 aliphatic heterocycles. The predicted octanol–water partition coefficient (Wildman–Crippen LogP) is 4.04. The lowest BCUT2D eigenvalue weighted by Crippen LogP contribution is -2.21. The molecule has 0 fully saturated rings. The number of hydrogen-bond acceptors (Lipinski definition) is 2. The van der Waals surface area contributed by atoms with Gasteiger partial charge in [-0.3, -0.25) is 0 Å². The second-order valence-corrected chi connectivity index (χ2v) is 5.27. The Labute approximate surface area is 126 Å². The summed E-state index contributed by atoms with van der Waals surface area (Å²) in [5.41, 5.74) is 3.18. The molecule has 2 nitrogen and oxygen atoms in total. The Morgan fingerprint density at radius 2 is 1.76 bits per heavy atom. The lowest BCUT2D eigenvalue weighted by Gasteiger charge is -2.10. The van der Waals surface area contributed by atoms with Crippen molar-refractivity contribution in [3.05, 3.63) is 53.8 Å². The van der Waals surface area contributed by atoms with Gasteiger partial charge in [-0.25, -0.2) is 4.39 Å². The Morgan fingerprint density at radius 1 is 1.10 bits per heavy atom. The standard InChI is InChI=1S/C18H22FNO/c1-13(20-2)4-5-14-6-8-15(9-7-14)16-10-11-18(21-3)17(19)12-16/h6-13,20H,4-5H2,1-3H3. The maximum absolute atomic E-state index is 13.7. The Hall–Kier alpha value is -1.87. The number of methoxy groups -OCH3 is 1. The van der Waals surface area contributed by atoms with E-state index in [0.717, 1.165) is 24.0 Å². The molecule has 0 radical (unpaired) electrons. The van der Waals surface area contributed by atoms with Crippen LogP contribution in [0.2, 0.25) is 0 Å². The first-order valence-electron chi connectivity index (χ1n) is 7.24. The van der Waals surface area contributed by atoms with Crippen molar-refractivity contribution in [3.8, 4) is 16.9 Å². The second kappa shape index (κ2) is 7.23. The Bertz CT molecular complexity index is 580. The smallest absolute Gasteiger partial charge is 0.165 e. The molecule has 1 atom stereocenters. The number of halogens is 1. The molecule has 2 rings (SSSR count). The molecule has 0 amide bonds. The van der Waals surface area contributed by atoms with Crippen molar-refractivity contribution in [2.24, 2.45) is 0 Å². The minimum Gasteiger partial charge on any atom is -0.494 e. The number of hydrogen-bond donors (Lipinski definition) is 1. The summed E-state index contributed by atoms with van der Waals surface area (Å²) in [5, 5.41) is 3.24. The molecule has 0 aliphatic carbocycles. The van der Waals surface area contributed by atoms with Crippen LogP contribution in [0, 0.1) is 5.82 Å². The third-order valence-corrected chi connectivity index (χ3v) is 3.80. The van der Waals surface area contributed by atoms with Gasteiger partial charge < -0.3 is 10.1 Å². The van der Waals surface area contributed by atoms with Gasteiger partial charge in [-0.2, -0.15) is 0 Å². The van der Waals surface area contributed by atoms with Crippen LogP contribution in [-0.4, -0.2) is 20.2 Å². The zero-order chi connectivity index (χ0) is 15.2. The molecule has 21 heavy (non-hydrogen) atoms. The maximum atomic E-state index is 13.7. The molecule has 0 bridgehead atoms. The summed E-state index contributed by atoms with van der Waals surface area (Å²) in [5.74, 6) is -0.0571. The van der Waals surface area contributed by atoms with Crippen LogP contribution < -0.4 is 10.1 Å². The normalized spacial score (nSPS) is 12.2. The van der Waals surface area contributed by atoms with E-state index >= 15 is 0 Å². The van der Waals surface area contributed by atoms with Crippen molar-refractivity contribution < 1.29 is 9.13 Å². The van der Waals surface area contributed by atoms with Gasteiger partial charge in [-0.05, 0) is 55.6 Å². The van der Waals surface area contributed by atoms with Crippen LogP contribution in [0.1, 0.15) is 18.9 Å². The largest absolute Gasteiger partial charge is 0.494 e. The highest BCUT2D eigenvalue weighted by Crippen LogP contribution is 2.25. The Balaban J connectivity index is 2.10. The molecule has 2 aromatic carbocycles.